The fourth-order valence-electron chi connectivity index (χ4n) is 12.0. The number of anilines is 6. The van der Waals surface area contributed by atoms with Gasteiger partial charge in [0.2, 0.25) is 0 Å². The molecule has 0 fully saturated rings. The van der Waals surface area contributed by atoms with E-state index in [1.54, 1.807) is 0 Å². The van der Waals surface area contributed by atoms with Crippen molar-refractivity contribution in [2.75, 3.05) is 9.80 Å². The Hall–Kier alpha value is -7.20. The van der Waals surface area contributed by atoms with Crippen molar-refractivity contribution in [2.45, 2.75) is 57.8 Å². The Morgan fingerprint density at radius 1 is 0.379 bits per heavy atom. The Morgan fingerprint density at radius 2 is 0.909 bits per heavy atom. The maximum absolute atomic E-state index is 2.54. The zero-order valence-electron chi connectivity index (χ0n) is 38.3. The monoisotopic (exact) mass is 866 g/mol. The van der Waals surface area contributed by atoms with Crippen molar-refractivity contribution in [3.63, 3.8) is 0 Å². The van der Waals surface area contributed by atoms with Crippen LogP contribution in [0.2, 0.25) is 0 Å². The van der Waals surface area contributed by atoms with E-state index in [0.717, 1.165) is 11.4 Å². The van der Waals surface area contributed by atoms with Crippen LogP contribution in [0, 0.1) is 0 Å². The number of rotatable bonds is 5. The average Bonchev–Trinajstić information content (AvgIpc) is 3.92. The van der Waals surface area contributed by atoms with Crippen LogP contribution < -0.4 is 9.80 Å². The molecule has 13 rings (SSSR count). The summed E-state index contributed by atoms with van der Waals surface area (Å²) < 4.78 is 2.60. The van der Waals surface area contributed by atoms with Gasteiger partial charge in [0.15, 0.2) is 0 Å². The molecule has 2 heterocycles. The molecule has 0 unspecified atom stereocenters. The van der Waals surface area contributed by atoms with E-state index < -0.39 is 0 Å². The summed E-state index contributed by atoms with van der Waals surface area (Å²) in [6.45, 7) is 14.4. The van der Waals surface area contributed by atoms with Crippen LogP contribution >= 0.6 is 11.3 Å². The van der Waals surface area contributed by atoms with Gasteiger partial charge in [-0.05, 0) is 133 Å². The lowest BCUT2D eigenvalue weighted by atomic mass is 9.72. The van der Waals surface area contributed by atoms with Crippen LogP contribution in [0.25, 0.3) is 53.6 Å². The van der Waals surface area contributed by atoms with E-state index >= 15 is 0 Å². The summed E-state index contributed by atoms with van der Waals surface area (Å²) in [5, 5.41) is 2.60. The van der Waals surface area contributed by atoms with Gasteiger partial charge in [-0.1, -0.05) is 169 Å². The van der Waals surface area contributed by atoms with Crippen LogP contribution in [-0.2, 0) is 16.2 Å². The normalized spacial score (nSPS) is 15.5. The zero-order valence-corrected chi connectivity index (χ0v) is 39.1. The van der Waals surface area contributed by atoms with Crippen LogP contribution in [0.3, 0.4) is 0 Å². The second-order valence-electron chi connectivity index (χ2n) is 20.1. The molecule has 1 aliphatic heterocycles. The van der Waals surface area contributed by atoms with Gasteiger partial charge in [0, 0.05) is 48.8 Å². The molecule has 0 saturated heterocycles. The van der Waals surface area contributed by atoms with Crippen molar-refractivity contribution >= 4 is 65.6 Å². The standard InChI is InChI=1S/C63H50N2S/c1-61(2)50-23-13-10-19-44(50)46-31-28-41(36-52(46)61)64(58-25-16-22-49-48-21-12-15-26-59(48)66-60(49)58)42-30-34-57-55(38-42)63(5,6)54-35-40(39-17-8-7-9-18-39)27-33-56(54)65(57)43-29-32-47-45-20-11-14-24-51(45)62(3,4)53(47)37-43/h7-38H,1-6H3. The lowest BCUT2D eigenvalue weighted by Crippen LogP contribution is -2.31. The largest absolute Gasteiger partial charge is 0.310 e. The van der Waals surface area contributed by atoms with Crippen LogP contribution in [0.4, 0.5) is 34.1 Å². The van der Waals surface area contributed by atoms with Crippen molar-refractivity contribution < 1.29 is 0 Å². The molecule has 0 atom stereocenters. The Morgan fingerprint density at radius 3 is 1.64 bits per heavy atom. The Labute approximate surface area is 392 Å². The van der Waals surface area contributed by atoms with E-state index in [0.29, 0.717) is 0 Å². The summed E-state index contributed by atoms with van der Waals surface area (Å²) in [5.41, 5.74) is 22.4. The van der Waals surface area contributed by atoms with E-state index in [1.165, 1.54) is 110 Å². The zero-order chi connectivity index (χ0) is 44.7. The maximum atomic E-state index is 2.54. The van der Waals surface area contributed by atoms with Crippen molar-refractivity contribution in [3.8, 4) is 33.4 Å². The SMILES string of the molecule is CC1(C)c2ccccc2-c2ccc(N3c4ccc(-c5ccccc5)cc4C(C)(C)c4cc(N(c5ccc6c(c5)C(C)(C)c5ccccc5-6)c5cccc6c5sc5ccccc56)ccc43)cc21. The lowest BCUT2D eigenvalue weighted by Gasteiger charge is -2.43. The van der Waals surface area contributed by atoms with E-state index in [1.807, 2.05) is 11.3 Å². The summed E-state index contributed by atoms with van der Waals surface area (Å²) >= 11 is 1.89. The molecule has 0 spiro atoms. The molecular formula is C63H50N2S. The minimum Gasteiger partial charge on any atom is -0.310 e. The van der Waals surface area contributed by atoms with Crippen LogP contribution in [0.15, 0.2) is 194 Å². The first-order valence-electron chi connectivity index (χ1n) is 23.3. The van der Waals surface area contributed by atoms with Gasteiger partial charge in [0.05, 0.1) is 21.8 Å². The highest BCUT2D eigenvalue weighted by Crippen LogP contribution is 2.58. The molecular weight excluding hydrogens is 817 g/mol. The summed E-state index contributed by atoms with van der Waals surface area (Å²) in [7, 11) is 0. The van der Waals surface area contributed by atoms with Crippen molar-refractivity contribution in [2.24, 2.45) is 0 Å². The first-order chi connectivity index (χ1) is 32.0. The second-order valence-corrected chi connectivity index (χ2v) is 21.2. The van der Waals surface area contributed by atoms with E-state index in [2.05, 4.69) is 245 Å². The lowest BCUT2D eigenvalue weighted by molar-refractivity contribution is 0.632. The molecule has 0 bridgehead atoms. The number of hydrogen-bond donors (Lipinski definition) is 0. The molecule has 10 aromatic rings. The number of thiophene rings is 1. The molecule has 0 radical (unpaired) electrons. The van der Waals surface area contributed by atoms with Crippen molar-refractivity contribution in [1.29, 1.82) is 0 Å². The molecule has 9 aromatic carbocycles. The minimum atomic E-state index is -0.342. The highest BCUT2D eigenvalue weighted by atomic mass is 32.1. The van der Waals surface area contributed by atoms with Gasteiger partial charge in [-0.15, -0.1) is 11.3 Å². The fraction of sp³-hybridized carbons (Fsp3) is 0.143. The molecule has 2 aliphatic carbocycles. The predicted octanol–water partition coefficient (Wildman–Crippen LogP) is 17.9. The van der Waals surface area contributed by atoms with Gasteiger partial charge in [0.25, 0.3) is 0 Å². The number of nitrogens with zero attached hydrogens (tertiary/aromatic N) is 2. The van der Waals surface area contributed by atoms with Crippen LogP contribution in [0.5, 0.6) is 0 Å². The molecule has 3 heteroatoms. The second kappa shape index (κ2) is 13.9. The molecule has 66 heavy (non-hydrogen) atoms. The summed E-state index contributed by atoms with van der Waals surface area (Å²) in [6.07, 6.45) is 0. The number of benzene rings is 9. The molecule has 0 saturated carbocycles. The van der Waals surface area contributed by atoms with E-state index in [-0.39, 0.29) is 16.2 Å². The predicted molar refractivity (Wildman–Crippen MR) is 281 cm³/mol. The van der Waals surface area contributed by atoms with Crippen molar-refractivity contribution in [1.82, 2.24) is 0 Å². The van der Waals surface area contributed by atoms with E-state index in [9.17, 15) is 0 Å². The topological polar surface area (TPSA) is 6.48 Å². The summed E-state index contributed by atoms with van der Waals surface area (Å²) in [6, 6.07) is 73.3. The van der Waals surface area contributed by atoms with Gasteiger partial charge < -0.3 is 9.80 Å². The Kier molecular flexibility index (Phi) is 8.26. The molecule has 3 aliphatic rings. The third kappa shape index (κ3) is 5.47. The van der Waals surface area contributed by atoms with Crippen molar-refractivity contribution in [3.05, 3.63) is 228 Å². The van der Waals surface area contributed by atoms with Gasteiger partial charge in [-0.3, -0.25) is 0 Å². The third-order valence-corrected chi connectivity index (χ3v) is 16.7. The Balaban J connectivity index is 1.05. The smallest absolute Gasteiger partial charge is 0.0640 e. The van der Waals surface area contributed by atoms with Crippen LogP contribution in [0.1, 0.15) is 74.9 Å². The minimum absolute atomic E-state index is 0.121. The average molecular weight is 867 g/mol. The first kappa shape index (κ1) is 39.2. The van der Waals surface area contributed by atoms with Gasteiger partial charge in [-0.25, -0.2) is 0 Å². The number of fused-ring (bicyclic) bond motifs is 11. The molecule has 0 N–H and O–H groups in total. The van der Waals surface area contributed by atoms with Gasteiger partial charge in [-0.2, -0.15) is 0 Å². The molecule has 2 nitrogen and oxygen atoms in total. The Bertz CT molecular complexity index is 3640. The molecule has 0 amide bonds. The fourth-order valence-corrected chi connectivity index (χ4v) is 13.2. The number of hydrogen-bond acceptors (Lipinski definition) is 3. The van der Waals surface area contributed by atoms with Gasteiger partial charge >= 0.3 is 0 Å². The van der Waals surface area contributed by atoms with E-state index in [4.69, 9.17) is 0 Å². The third-order valence-electron chi connectivity index (χ3n) is 15.4. The highest BCUT2D eigenvalue weighted by Gasteiger charge is 2.41. The quantitative estimate of drug-likeness (QED) is 0.170. The van der Waals surface area contributed by atoms with Crippen LogP contribution in [-0.4, -0.2) is 0 Å². The first-order valence-corrected chi connectivity index (χ1v) is 24.2. The highest BCUT2D eigenvalue weighted by molar-refractivity contribution is 7.26. The molecule has 1 aromatic heterocycles. The summed E-state index contributed by atoms with van der Waals surface area (Å²) in [4.78, 5) is 5.09. The molecule has 318 valence electrons. The van der Waals surface area contributed by atoms with Gasteiger partial charge in [0.1, 0.15) is 0 Å². The maximum Gasteiger partial charge on any atom is 0.0640 e. The summed E-state index contributed by atoms with van der Waals surface area (Å²) in [5.74, 6) is 0.